The molecule has 1 heterocycles. The van der Waals surface area contributed by atoms with Crippen molar-refractivity contribution in [2.75, 3.05) is 48.5 Å². The molecular formula is C24H28N2O6. The summed E-state index contributed by atoms with van der Waals surface area (Å²) in [4.78, 5) is 29.6. The number of carbonyl (C=O) groups is 2. The van der Waals surface area contributed by atoms with Crippen LogP contribution in [0.2, 0.25) is 0 Å². The predicted octanol–water partition coefficient (Wildman–Crippen LogP) is 2.70. The third-order valence-corrected chi connectivity index (χ3v) is 5.40. The Morgan fingerprint density at radius 2 is 1.75 bits per heavy atom. The van der Waals surface area contributed by atoms with Crippen LogP contribution in [0.4, 0.5) is 0 Å². The third-order valence-electron chi connectivity index (χ3n) is 5.40. The van der Waals surface area contributed by atoms with Crippen LogP contribution in [0, 0.1) is 0 Å². The Morgan fingerprint density at radius 3 is 2.38 bits per heavy atom. The van der Waals surface area contributed by atoms with Crippen LogP contribution in [0.1, 0.15) is 17.2 Å². The summed E-state index contributed by atoms with van der Waals surface area (Å²) in [6.45, 7) is 0.826. The standard InChI is InChI=1S/C24H28N2O6/c1-25(2)12-13-26-20(17-10-7-11-18(31-4)23(17)32-5)19(22(28)24(26)29)21(27)15-8-6-9-16(14-15)30-3/h6-11,14,20,27H,12-13H2,1-5H3/t20-/m0/s1. The Kier molecular flexibility index (Phi) is 7.05. The summed E-state index contributed by atoms with van der Waals surface area (Å²) in [5.74, 6) is -0.320. The molecule has 1 atom stereocenters. The van der Waals surface area contributed by atoms with Crippen LogP contribution in [0.5, 0.6) is 17.2 Å². The van der Waals surface area contributed by atoms with E-state index in [2.05, 4.69) is 0 Å². The number of aliphatic hydroxyl groups excluding tert-OH is 1. The number of methoxy groups -OCH3 is 3. The first-order valence-electron chi connectivity index (χ1n) is 10.1. The molecule has 8 nitrogen and oxygen atoms in total. The second-order valence-corrected chi connectivity index (χ2v) is 7.61. The molecule has 1 aliphatic rings. The molecule has 32 heavy (non-hydrogen) atoms. The van der Waals surface area contributed by atoms with E-state index in [0.29, 0.717) is 34.9 Å². The number of benzene rings is 2. The Balaban J connectivity index is 2.25. The highest BCUT2D eigenvalue weighted by Crippen LogP contribution is 2.45. The number of ether oxygens (including phenoxy) is 3. The zero-order chi connectivity index (χ0) is 23.4. The number of likely N-dealkylation sites (tertiary alicyclic amines) is 1. The number of hydrogen-bond donors (Lipinski definition) is 1. The van der Waals surface area contributed by atoms with Gasteiger partial charge in [0.15, 0.2) is 11.5 Å². The molecule has 0 aromatic heterocycles. The quantitative estimate of drug-likeness (QED) is 0.384. The number of likely N-dealkylation sites (N-methyl/N-ethyl adjacent to an activating group) is 1. The lowest BCUT2D eigenvalue weighted by molar-refractivity contribution is -0.140. The van der Waals surface area contributed by atoms with Gasteiger partial charge in [0.1, 0.15) is 11.5 Å². The van der Waals surface area contributed by atoms with Gasteiger partial charge < -0.3 is 29.1 Å². The molecule has 2 aromatic rings. The minimum Gasteiger partial charge on any atom is -0.507 e. The van der Waals surface area contributed by atoms with E-state index in [1.54, 1.807) is 42.5 Å². The van der Waals surface area contributed by atoms with Gasteiger partial charge in [0.25, 0.3) is 11.7 Å². The molecule has 0 radical (unpaired) electrons. The lowest BCUT2D eigenvalue weighted by Gasteiger charge is -2.28. The van der Waals surface area contributed by atoms with Crippen LogP contribution in [0.15, 0.2) is 48.0 Å². The summed E-state index contributed by atoms with van der Waals surface area (Å²) in [6.07, 6.45) is 0. The van der Waals surface area contributed by atoms with Crippen molar-refractivity contribution in [2.24, 2.45) is 0 Å². The van der Waals surface area contributed by atoms with Gasteiger partial charge in [-0.1, -0.05) is 24.3 Å². The highest BCUT2D eigenvalue weighted by Gasteiger charge is 2.47. The van der Waals surface area contributed by atoms with Crippen LogP contribution in [-0.4, -0.2) is 75.1 Å². The number of rotatable bonds is 8. The minimum absolute atomic E-state index is 0.00596. The zero-order valence-corrected chi connectivity index (χ0v) is 18.9. The van der Waals surface area contributed by atoms with Gasteiger partial charge in [-0.25, -0.2) is 0 Å². The van der Waals surface area contributed by atoms with Crippen molar-refractivity contribution in [2.45, 2.75) is 6.04 Å². The number of carbonyl (C=O) groups excluding carboxylic acids is 2. The van der Waals surface area contributed by atoms with E-state index in [0.717, 1.165) is 0 Å². The van der Waals surface area contributed by atoms with Gasteiger partial charge in [0.05, 0.1) is 32.9 Å². The first-order valence-corrected chi connectivity index (χ1v) is 10.1. The molecule has 1 fully saturated rings. The highest BCUT2D eigenvalue weighted by molar-refractivity contribution is 6.46. The number of hydrogen-bond acceptors (Lipinski definition) is 7. The van der Waals surface area contributed by atoms with Gasteiger partial charge in [0, 0.05) is 24.2 Å². The van der Waals surface area contributed by atoms with Crippen LogP contribution in [0.25, 0.3) is 5.76 Å². The highest BCUT2D eigenvalue weighted by atomic mass is 16.5. The van der Waals surface area contributed by atoms with Crippen molar-refractivity contribution in [3.63, 3.8) is 0 Å². The molecule has 0 saturated carbocycles. The molecule has 1 aliphatic heterocycles. The van der Waals surface area contributed by atoms with E-state index in [-0.39, 0.29) is 17.9 Å². The molecular weight excluding hydrogens is 412 g/mol. The lowest BCUT2D eigenvalue weighted by atomic mass is 9.94. The van der Waals surface area contributed by atoms with E-state index in [1.165, 1.54) is 26.2 Å². The van der Waals surface area contributed by atoms with Gasteiger partial charge in [0.2, 0.25) is 0 Å². The molecule has 0 unspecified atom stereocenters. The number of Topliss-reactive ketones (excluding diaryl/α,β-unsaturated/α-hetero) is 1. The molecule has 3 rings (SSSR count). The van der Waals surface area contributed by atoms with Crippen LogP contribution >= 0.6 is 0 Å². The van der Waals surface area contributed by atoms with E-state index >= 15 is 0 Å². The topological polar surface area (TPSA) is 88.5 Å². The average molecular weight is 440 g/mol. The molecule has 0 aliphatic carbocycles. The van der Waals surface area contributed by atoms with Crippen molar-refractivity contribution >= 4 is 17.4 Å². The van der Waals surface area contributed by atoms with Crippen LogP contribution < -0.4 is 14.2 Å². The summed E-state index contributed by atoms with van der Waals surface area (Å²) < 4.78 is 16.2. The Morgan fingerprint density at radius 1 is 1.03 bits per heavy atom. The van der Waals surface area contributed by atoms with Crippen molar-refractivity contribution in [3.8, 4) is 17.2 Å². The first-order chi connectivity index (χ1) is 15.3. The van der Waals surface area contributed by atoms with E-state index in [9.17, 15) is 14.7 Å². The predicted molar refractivity (Wildman–Crippen MR) is 120 cm³/mol. The van der Waals surface area contributed by atoms with E-state index in [1.807, 2.05) is 19.0 Å². The van der Waals surface area contributed by atoms with Crippen molar-refractivity contribution < 1.29 is 28.9 Å². The van der Waals surface area contributed by atoms with Gasteiger partial charge >= 0.3 is 0 Å². The maximum atomic E-state index is 13.1. The fraction of sp³-hybridized carbons (Fsp3) is 0.333. The van der Waals surface area contributed by atoms with Gasteiger partial charge in [-0.05, 0) is 32.3 Å². The maximum absolute atomic E-state index is 13.1. The van der Waals surface area contributed by atoms with Crippen LogP contribution in [0.3, 0.4) is 0 Å². The number of para-hydroxylation sites is 1. The van der Waals surface area contributed by atoms with Gasteiger partial charge in [-0.2, -0.15) is 0 Å². The van der Waals surface area contributed by atoms with Crippen molar-refractivity contribution in [3.05, 3.63) is 59.2 Å². The molecule has 2 aromatic carbocycles. The second-order valence-electron chi connectivity index (χ2n) is 7.61. The lowest BCUT2D eigenvalue weighted by Crippen LogP contribution is -2.35. The molecule has 1 amide bonds. The van der Waals surface area contributed by atoms with E-state index < -0.39 is 17.7 Å². The maximum Gasteiger partial charge on any atom is 0.295 e. The summed E-state index contributed by atoms with van der Waals surface area (Å²) in [5, 5.41) is 11.2. The van der Waals surface area contributed by atoms with E-state index in [4.69, 9.17) is 14.2 Å². The summed E-state index contributed by atoms with van der Waals surface area (Å²) in [5.41, 5.74) is 0.921. The Labute approximate surface area is 187 Å². The Bertz CT molecular complexity index is 1050. The molecule has 170 valence electrons. The van der Waals surface area contributed by atoms with Gasteiger partial charge in [-0.3, -0.25) is 9.59 Å². The second kappa shape index (κ2) is 9.74. The first kappa shape index (κ1) is 23.1. The molecule has 0 spiro atoms. The third kappa shape index (κ3) is 4.27. The number of amides is 1. The molecule has 1 N–H and O–H groups in total. The molecule has 8 heteroatoms. The fourth-order valence-corrected chi connectivity index (χ4v) is 3.79. The minimum atomic E-state index is -0.841. The summed E-state index contributed by atoms with van der Waals surface area (Å²) in [6, 6.07) is 11.1. The Hall–Kier alpha value is -3.52. The van der Waals surface area contributed by atoms with Crippen LogP contribution in [-0.2, 0) is 9.59 Å². The molecule has 0 bridgehead atoms. The number of nitrogens with zero attached hydrogens (tertiary/aromatic N) is 2. The normalized spacial score (nSPS) is 17.7. The van der Waals surface area contributed by atoms with Crippen molar-refractivity contribution in [1.82, 2.24) is 9.80 Å². The fourth-order valence-electron chi connectivity index (χ4n) is 3.79. The number of aliphatic hydroxyl groups is 1. The largest absolute Gasteiger partial charge is 0.507 e. The van der Waals surface area contributed by atoms with Crippen molar-refractivity contribution in [1.29, 1.82) is 0 Å². The zero-order valence-electron chi connectivity index (χ0n) is 18.9. The summed E-state index contributed by atoms with van der Waals surface area (Å²) >= 11 is 0. The smallest absolute Gasteiger partial charge is 0.295 e. The SMILES string of the molecule is COc1cccc(C(O)=C2C(=O)C(=O)N(CCN(C)C)[C@H]2c2cccc(OC)c2OC)c1. The average Bonchev–Trinajstić information content (AvgIpc) is 3.06. The monoisotopic (exact) mass is 440 g/mol. The number of ketones is 1. The summed E-state index contributed by atoms with van der Waals surface area (Å²) in [7, 11) is 8.29. The van der Waals surface area contributed by atoms with Gasteiger partial charge in [-0.15, -0.1) is 0 Å². The molecule has 1 saturated heterocycles.